The molecule has 1 unspecified atom stereocenters. The van der Waals surface area contributed by atoms with E-state index in [-0.39, 0.29) is 6.04 Å². The Hall–Kier alpha value is -1.13. The molecule has 1 aromatic heterocycles. The Bertz CT molecular complexity index is 298. The van der Waals surface area contributed by atoms with Gasteiger partial charge in [-0.2, -0.15) is 0 Å². The molecule has 0 radical (unpaired) electrons. The van der Waals surface area contributed by atoms with Crippen molar-refractivity contribution < 1.29 is 9.47 Å². The Morgan fingerprint density at radius 1 is 1.57 bits per heavy atom. The van der Waals surface area contributed by atoms with E-state index in [2.05, 4.69) is 10.3 Å². The van der Waals surface area contributed by atoms with E-state index in [1.807, 2.05) is 12.3 Å². The van der Waals surface area contributed by atoms with Crippen LogP contribution in [0.3, 0.4) is 0 Å². The van der Waals surface area contributed by atoms with E-state index >= 15 is 0 Å². The van der Waals surface area contributed by atoms with Crippen molar-refractivity contribution in [2.75, 3.05) is 26.9 Å². The van der Waals surface area contributed by atoms with Crippen LogP contribution >= 0.6 is 0 Å². The minimum absolute atomic E-state index is 0.242. The summed E-state index contributed by atoms with van der Waals surface area (Å²) in [6, 6.07) is 2.23. The Morgan fingerprint density at radius 2 is 2.50 bits per heavy atom. The van der Waals surface area contributed by atoms with Crippen molar-refractivity contribution in [2.24, 2.45) is 0 Å². The van der Waals surface area contributed by atoms with Crippen molar-refractivity contribution >= 4 is 0 Å². The molecule has 0 amide bonds. The summed E-state index contributed by atoms with van der Waals surface area (Å²) in [7, 11) is 1.64. The Morgan fingerprint density at radius 3 is 3.21 bits per heavy atom. The molecular weight excluding hydrogens is 180 g/mol. The molecule has 0 aliphatic carbocycles. The lowest BCUT2D eigenvalue weighted by Gasteiger charge is -2.23. The number of hydrogen-bond donors (Lipinski definition) is 1. The van der Waals surface area contributed by atoms with Crippen LogP contribution in [0, 0.1) is 0 Å². The summed E-state index contributed by atoms with van der Waals surface area (Å²) in [6.45, 7) is 2.38. The zero-order chi connectivity index (χ0) is 9.80. The third-order valence-electron chi connectivity index (χ3n) is 2.29. The fourth-order valence-corrected chi connectivity index (χ4v) is 1.52. The smallest absolute Gasteiger partial charge is 0.137 e. The maximum Gasteiger partial charge on any atom is 0.137 e. The first kappa shape index (κ1) is 9.43. The third kappa shape index (κ3) is 2.02. The summed E-state index contributed by atoms with van der Waals surface area (Å²) in [5.41, 5.74) is 1.11. The molecule has 0 aromatic carbocycles. The molecule has 1 saturated heterocycles. The molecule has 2 rings (SSSR count). The number of morpholine rings is 1. The second kappa shape index (κ2) is 4.39. The van der Waals surface area contributed by atoms with Gasteiger partial charge in [-0.3, -0.25) is 4.98 Å². The molecule has 0 spiro atoms. The van der Waals surface area contributed by atoms with Gasteiger partial charge in [0, 0.05) is 12.7 Å². The van der Waals surface area contributed by atoms with Gasteiger partial charge in [0.05, 0.1) is 32.6 Å². The summed E-state index contributed by atoms with van der Waals surface area (Å²) in [6.07, 6.45) is 3.54. The predicted molar refractivity (Wildman–Crippen MR) is 52.4 cm³/mol. The molecule has 1 aliphatic rings. The second-order valence-electron chi connectivity index (χ2n) is 3.24. The van der Waals surface area contributed by atoms with Crippen molar-refractivity contribution in [1.29, 1.82) is 0 Å². The normalized spacial score (nSPS) is 21.9. The van der Waals surface area contributed by atoms with E-state index in [9.17, 15) is 0 Å². The number of aromatic nitrogens is 1. The molecule has 1 atom stereocenters. The fourth-order valence-electron chi connectivity index (χ4n) is 1.52. The molecule has 1 N–H and O–H groups in total. The summed E-state index contributed by atoms with van der Waals surface area (Å²) in [4.78, 5) is 4.11. The summed E-state index contributed by atoms with van der Waals surface area (Å²) < 4.78 is 10.5. The number of pyridine rings is 1. The monoisotopic (exact) mass is 194 g/mol. The van der Waals surface area contributed by atoms with E-state index < -0.39 is 0 Å². The van der Waals surface area contributed by atoms with E-state index in [1.165, 1.54) is 0 Å². The van der Waals surface area contributed by atoms with Crippen molar-refractivity contribution in [2.45, 2.75) is 6.04 Å². The van der Waals surface area contributed by atoms with Gasteiger partial charge in [-0.1, -0.05) is 0 Å². The van der Waals surface area contributed by atoms with Gasteiger partial charge >= 0.3 is 0 Å². The number of hydrogen-bond acceptors (Lipinski definition) is 4. The fraction of sp³-hybridized carbons (Fsp3) is 0.500. The zero-order valence-electron chi connectivity index (χ0n) is 8.19. The van der Waals surface area contributed by atoms with Crippen molar-refractivity contribution in [3.8, 4) is 5.75 Å². The van der Waals surface area contributed by atoms with Gasteiger partial charge in [0.2, 0.25) is 0 Å². The van der Waals surface area contributed by atoms with Crippen LogP contribution in [0.25, 0.3) is 0 Å². The number of ether oxygens (including phenoxy) is 2. The van der Waals surface area contributed by atoms with Gasteiger partial charge in [0.1, 0.15) is 5.75 Å². The molecule has 14 heavy (non-hydrogen) atoms. The number of methoxy groups -OCH3 is 1. The average molecular weight is 194 g/mol. The largest absolute Gasteiger partial charge is 0.495 e. The highest BCUT2D eigenvalue weighted by Gasteiger charge is 2.15. The number of rotatable bonds is 2. The predicted octanol–water partition coefficient (Wildman–Crippen LogP) is 0.751. The van der Waals surface area contributed by atoms with Crippen LogP contribution in [-0.2, 0) is 4.74 Å². The standard InChI is InChI=1S/C10H14N2O2/c1-13-9-4-8(5-11-6-9)10-7-14-3-2-12-10/h4-6,10,12H,2-3,7H2,1H3. The minimum atomic E-state index is 0.242. The van der Waals surface area contributed by atoms with Crippen molar-refractivity contribution in [3.05, 3.63) is 24.0 Å². The number of nitrogens with one attached hydrogen (secondary N) is 1. The average Bonchev–Trinajstić information content (AvgIpc) is 2.30. The first-order valence-corrected chi connectivity index (χ1v) is 4.70. The van der Waals surface area contributed by atoms with Gasteiger partial charge in [-0.15, -0.1) is 0 Å². The SMILES string of the molecule is COc1cncc(C2COCCN2)c1. The molecule has 1 aliphatic heterocycles. The molecule has 4 nitrogen and oxygen atoms in total. The van der Waals surface area contributed by atoms with Crippen LogP contribution in [0.2, 0.25) is 0 Å². The van der Waals surface area contributed by atoms with Gasteiger partial charge < -0.3 is 14.8 Å². The van der Waals surface area contributed by atoms with Crippen LogP contribution in [0.15, 0.2) is 18.5 Å². The lowest BCUT2D eigenvalue weighted by molar-refractivity contribution is 0.0767. The highest BCUT2D eigenvalue weighted by Crippen LogP contribution is 2.18. The van der Waals surface area contributed by atoms with Gasteiger partial charge in [0.25, 0.3) is 0 Å². The second-order valence-corrected chi connectivity index (χ2v) is 3.24. The van der Waals surface area contributed by atoms with E-state index in [1.54, 1.807) is 13.3 Å². The van der Waals surface area contributed by atoms with Crippen molar-refractivity contribution in [3.63, 3.8) is 0 Å². The first-order valence-electron chi connectivity index (χ1n) is 4.70. The molecule has 0 bridgehead atoms. The van der Waals surface area contributed by atoms with E-state index in [4.69, 9.17) is 9.47 Å². The molecule has 1 fully saturated rings. The summed E-state index contributed by atoms with van der Waals surface area (Å²) in [5, 5.41) is 3.37. The Kier molecular flexibility index (Phi) is 2.96. The Balaban J connectivity index is 2.13. The molecule has 1 aromatic rings. The van der Waals surface area contributed by atoms with E-state index in [0.29, 0.717) is 6.61 Å². The van der Waals surface area contributed by atoms with Gasteiger partial charge in [-0.25, -0.2) is 0 Å². The molecular formula is C10H14N2O2. The highest BCUT2D eigenvalue weighted by molar-refractivity contribution is 5.26. The summed E-state index contributed by atoms with van der Waals surface area (Å²) in [5.74, 6) is 0.787. The number of nitrogens with zero attached hydrogens (tertiary/aromatic N) is 1. The van der Waals surface area contributed by atoms with Crippen LogP contribution in [0.4, 0.5) is 0 Å². The van der Waals surface area contributed by atoms with Crippen molar-refractivity contribution in [1.82, 2.24) is 10.3 Å². The molecule has 0 saturated carbocycles. The molecule has 4 heteroatoms. The van der Waals surface area contributed by atoms with E-state index in [0.717, 1.165) is 24.5 Å². The van der Waals surface area contributed by atoms with Crippen LogP contribution < -0.4 is 10.1 Å². The lowest BCUT2D eigenvalue weighted by atomic mass is 10.1. The summed E-state index contributed by atoms with van der Waals surface area (Å²) >= 11 is 0. The zero-order valence-corrected chi connectivity index (χ0v) is 8.19. The van der Waals surface area contributed by atoms with Crippen LogP contribution in [0.1, 0.15) is 11.6 Å². The third-order valence-corrected chi connectivity index (χ3v) is 2.29. The quantitative estimate of drug-likeness (QED) is 0.754. The minimum Gasteiger partial charge on any atom is -0.495 e. The van der Waals surface area contributed by atoms with Gasteiger partial charge in [-0.05, 0) is 11.6 Å². The van der Waals surface area contributed by atoms with Gasteiger partial charge in [0.15, 0.2) is 0 Å². The maximum absolute atomic E-state index is 5.38. The van der Waals surface area contributed by atoms with Crippen LogP contribution in [-0.4, -0.2) is 31.9 Å². The molecule has 76 valence electrons. The lowest BCUT2D eigenvalue weighted by Crippen LogP contribution is -2.34. The van der Waals surface area contributed by atoms with Crippen LogP contribution in [0.5, 0.6) is 5.75 Å². The topological polar surface area (TPSA) is 43.4 Å². The molecule has 2 heterocycles. The maximum atomic E-state index is 5.38. The Labute approximate surface area is 83.2 Å². The first-order chi connectivity index (χ1) is 6.90. The highest BCUT2D eigenvalue weighted by atomic mass is 16.5.